The molecule has 4 rings (SSSR count). The molecule has 0 atom stereocenters. The number of fused-ring (bicyclic) bond motifs is 1. The highest BCUT2D eigenvalue weighted by molar-refractivity contribution is 7.19. The van der Waals surface area contributed by atoms with Gasteiger partial charge in [-0.3, -0.25) is 5.10 Å². The normalized spacial score (nSPS) is 11.8. The molecule has 7 nitrogen and oxygen atoms in total. The standard InChI is InChI=1S/C15H16N6OS/c1-8(2)6-10-7-12(17-16-10)14-20-21-13(18-19-15(21)23-14)11-4-5-22-9(11)3/h4-5,7-8H,6H2,1-3H3,(H,16,17). The molecule has 0 aromatic carbocycles. The van der Waals surface area contributed by atoms with Crippen LogP contribution < -0.4 is 0 Å². The number of hydrogen-bond donors (Lipinski definition) is 1. The van der Waals surface area contributed by atoms with E-state index in [0.29, 0.717) is 11.7 Å². The van der Waals surface area contributed by atoms with Crippen molar-refractivity contribution >= 4 is 16.3 Å². The lowest BCUT2D eigenvalue weighted by atomic mass is 10.1. The van der Waals surface area contributed by atoms with Crippen molar-refractivity contribution in [1.82, 2.24) is 30.0 Å². The van der Waals surface area contributed by atoms with Crippen LogP contribution in [0.4, 0.5) is 0 Å². The van der Waals surface area contributed by atoms with Crippen molar-refractivity contribution in [2.75, 3.05) is 0 Å². The number of aromatic amines is 1. The first-order valence-electron chi connectivity index (χ1n) is 7.43. The van der Waals surface area contributed by atoms with Gasteiger partial charge in [0.1, 0.15) is 11.5 Å². The fourth-order valence-electron chi connectivity index (χ4n) is 2.52. The summed E-state index contributed by atoms with van der Waals surface area (Å²) in [6.07, 6.45) is 2.61. The highest BCUT2D eigenvalue weighted by Crippen LogP contribution is 2.29. The highest BCUT2D eigenvalue weighted by atomic mass is 32.1. The topological polar surface area (TPSA) is 84.9 Å². The van der Waals surface area contributed by atoms with E-state index in [0.717, 1.165) is 39.1 Å². The lowest BCUT2D eigenvalue weighted by Crippen LogP contribution is -1.93. The van der Waals surface area contributed by atoms with E-state index in [4.69, 9.17) is 4.42 Å². The van der Waals surface area contributed by atoms with Crippen LogP contribution in [0, 0.1) is 12.8 Å². The van der Waals surface area contributed by atoms with E-state index in [2.05, 4.69) is 45.4 Å². The maximum Gasteiger partial charge on any atom is 0.235 e. The average molecular weight is 328 g/mol. The van der Waals surface area contributed by atoms with Gasteiger partial charge in [-0.15, -0.1) is 10.2 Å². The number of rotatable bonds is 4. The van der Waals surface area contributed by atoms with Crippen molar-refractivity contribution in [3.8, 4) is 22.1 Å². The zero-order valence-electron chi connectivity index (χ0n) is 13.1. The molecule has 0 radical (unpaired) electrons. The van der Waals surface area contributed by atoms with E-state index < -0.39 is 0 Å². The van der Waals surface area contributed by atoms with E-state index >= 15 is 0 Å². The average Bonchev–Trinajstić information content (AvgIpc) is 3.20. The predicted octanol–water partition coefficient (Wildman–Crippen LogP) is 3.34. The van der Waals surface area contributed by atoms with Crippen molar-refractivity contribution in [3.05, 3.63) is 29.9 Å². The number of nitrogens with zero attached hydrogens (tertiary/aromatic N) is 5. The van der Waals surface area contributed by atoms with Gasteiger partial charge < -0.3 is 4.42 Å². The molecule has 1 N–H and O–H groups in total. The summed E-state index contributed by atoms with van der Waals surface area (Å²) >= 11 is 1.47. The Morgan fingerprint density at radius 1 is 1.35 bits per heavy atom. The lowest BCUT2D eigenvalue weighted by Gasteiger charge is -1.98. The molecular weight excluding hydrogens is 312 g/mol. The van der Waals surface area contributed by atoms with Gasteiger partial charge in [0, 0.05) is 5.69 Å². The molecule has 0 unspecified atom stereocenters. The zero-order chi connectivity index (χ0) is 16.0. The molecule has 0 amide bonds. The summed E-state index contributed by atoms with van der Waals surface area (Å²) < 4.78 is 7.09. The second-order valence-corrected chi connectivity index (χ2v) is 6.85. The number of H-pyrrole nitrogens is 1. The Kier molecular flexibility index (Phi) is 3.26. The lowest BCUT2D eigenvalue weighted by molar-refractivity contribution is 0.535. The predicted molar refractivity (Wildman–Crippen MR) is 87.2 cm³/mol. The molecule has 0 bridgehead atoms. The summed E-state index contributed by atoms with van der Waals surface area (Å²) in [6, 6.07) is 3.93. The van der Waals surface area contributed by atoms with Gasteiger partial charge in [-0.2, -0.15) is 14.7 Å². The Hall–Kier alpha value is -2.48. The molecule has 23 heavy (non-hydrogen) atoms. The van der Waals surface area contributed by atoms with E-state index in [1.165, 1.54) is 11.3 Å². The molecule has 4 aromatic heterocycles. The van der Waals surface area contributed by atoms with Crippen LogP contribution in [0.5, 0.6) is 0 Å². The number of aryl methyl sites for hydroxylation is 1. The van der Waals surface area contributed by atoms with Crippen LogP contribution in [-0.2, 0) is 6.42 Å². The van der Waals surface area contributed by atoms with Crippen LogP contribution in [0.15, 0.2) is 22.8 Å². The van der Waals surface area contributed by atoms with Gasteiger partial charge in [-0.25, -0.2) is 0 Å². The van der Waals surface area contributed by atoms with Crippen LogP contribution >= 0.6 is 11.3 Å². The molecular formula is C15H16N6OS. The van der Waals surface area contributed by atoms with Gasteiger partial charge in [0.05, 0.1) is 11.8 Å². The highest BCUT2D eigenvalue weighted by Gasteiger charge is 2.18. The van der Waals surface area contributed by atoms with Gasteiger partial charge in [0.15, 0.2) is 10.8 Å². The fourth-order valence-corrected chi connectivity index (χ4v) is 3.32. The third kappa shape index (κ3) is 2.44. The van der Waals surface area contributed by atoms with Crippen LogP contribution in [0.1, 0.15) is 25.3 Å². The molecule has 4 aromatic rings. The van der Waals surface area contributed by atoms with Crippen molar-refractivity contribution in [3.63, 3.8) is 0 Å². The number of furan rings is 1. The van der Waals surface area contributed by atoms with E-state index in [1.807, 2.05) is 13.0 Å². The Bertz CT molecular complexity index is 960. The van der Waals surface area contributed by atoms with Gasteiger partial charge in [-0.1, -0.05) is 25.2 Å². The minimum atomic E-state index is 0.580. The fraction of sp³-hybridized carbons (Fsp3) is 0.333. The molecule has 0 saturated heterocycles. The summed E-state index contributed by atoms with van der Waals surface area (Å²) in [5.74, 6) is 2.07. The minimum Gasteiger partial charge on any atom is -0.469 e. The third-order valence-corrected chi connectivity index (χ3v) is 4.49. The molecule has 0 spiro atoms. The van der Waals surface area contributed by atoms with E-state index in [1.54, 1.807) is 10.8 Å². The molecule has 8 heteroatoms. The molecule has 4 heterocycles. The molecule has 0 saturated carbocycles. The number of hydrogen-bond acceptors (Lipinski definition) is 6. The van der Waals surface area contributed by atoms with Crippen LogP contribution in [0.25, 0.3) is 27.1 Å². The second-order valence-electron chi connectivity index (χ2n) is 5.89. The molecule has 118 valence electrons. The second kappa shape index (κ2) is 5.31. The summed E-state index contributed by atoms with van der Waals surface area (Å²) in [5, 5.41) is 21.3. The first kappa shape index (κ1) is 14.1. The van der Waals surface area contributed by atoms with Crippen LogP contribution in [-0.4, -0.2) is 30.0 Å². The molecule has 0 aliphatic rings. The van der Waals surface area contributed by atoms with Crippen molar-refractivity contribution in [2.24, 2.45) is 5.92 Å². The van der Waals surface area contributed by atoms with Crippen molar-refractivity contribution < 1.29 is 4.42 Å². The Morgan fingerprint density at radius 3 is 2.96 bits per heavy atom. The number of aromatic nitrogens is 6. The first-order chi connectivity index (χ1) is 11.1. The Balaban J connectivity index is 1.74. The zero-order valence-corrected chi connectivity index (χ0v) is 13.9. The summed E-state index contributed by atoms with van der Waals surface area (Å²) in [5.41, 5.74) is 2.86. The first-order valence-corrected chi connectivity index (χ1v) is 8.25. The number of nitrogens with one attached hydrogen (secondary N) is 1. The molecule has 0 aliphatic heterocycles. The Labute approximate surface area is 136 Å². The quantitative estimate of drug-likeness (QED) is 0.621. The Morgan fingerprint density at radius 2 is 2.22 bits per heavy atom. The van der Waals surface area contributed by atoms with Gasteiger partial charge in [0.25, 0.3) is 0 Å². The molecule has 0 fully saturated rings. The van der Waals surface area contributed by atoms with Crippen molar-refractivity contribution in [1.29, 1.82) is 0 Å². The maximum absolute atomic E-state index is 5.35. The van der Waals surface area contributed by atoms with Crippen molar-refractivity contribution in [2.45, 2.75) is 27.2 Å². The van der Waals surface area contributed by atoms with Crippen LogP contribution in [0.3, 0.4) is 0 Å². The summed E-state index contributed by atoms with van der Waals surface area (Å²) in [6.45, 7) is 6.27. The summed E-state index contributed by atoms with van der Waals surface area (Å²) in [7, 11) is 0. The van der Waals surface area contributed by atoms with Gasteiger partial charge in [0.2, 0.25) is 4.96 Å². The smallest absolute Gasteiger partial charge is 0.235 e. The van der Waals surface area contributed by atoms with E-state index in [9.17, 15) is 0 Å². The minimum absolute atomic E-state index is 0.580. The largest absolute Gasteiger partial charge is 0.469 e. The third-order valence-electron chi connectivity index (χ3n) is 3.57. The molecule has 0 aliphatic carbocycles. The summed E-state index contributed by atoms with van der Waals surface area (Å²) in [4.78, 5) is 0.740. The van der Waals surface area contributed by atoms with Crippen LogP contribution in [0.2, 0.25) is 0 Å². The van der Waals surface area contributed by atoms with E-state index in [-0.39, 0.29) is 0 Å². The maximum atomic E-state index is 5.35. The SMILES string of the molecule is Cc1occc1-c1nnc2sc(-c3cc(CC(C)C)[nH]n3)nn12. The monoisotopic (exact) mass is 328 g/mol. The van der Waals surface area contributed by atoms with Gasteiger partial charge in [-0.05, 0) is 31.4 Å². The van der Waals surface area contributed by atoms with Gasteiger partial charge >= 0.3 is 0 Å².